The standard InChI is InChI=1S/C17H24IN3O2/c18-15(22)19-17-9-16(10-17,11-17)14-21-20-13(23-14)12-7-5-3-1-2-4-6-8-12/h12H,1-11H2,(H,19,22). The van der Waals surface area contributed by atoms with Crippen LogP contribution in [0.1, 0.15) is 88.3 Å². The molecule has 0 saturated heterocycles. The second-order valence-corrected chi connectivity index (χ2v) is 8.81. The van der Waals surface area contributed by atoms with E-state index in [1.54, 1.807) is 0 Å². The van der Waals surface area contributed by atoms with E-state index in [9.17, 15) is 4.79 Å². The van der Waals surface area contributed by atoms with Crippen molar-refractivity contribution in [1.29, 1.82) is 0 Å². The number of carbonyl (C=O) groups excluding carboxylic acids is 1. The van der Waals surface area contributed by atoms with Crippen LogP contribution in [0.3, 0.4) is 0 Å². The average molecular weight is 429 g/mol. The van der Waals surface area contributed by atoms with Crippen molar-refractivity contribution in [2.45, 2.75) is 87.5 Å². The number of rotatable bonds is 3. The van der Waals surface area contributed by atoms with Crippen molar-refractivity contribution in [3.8, 4) is 0 Å². The van der Waals surface area contributed by atoms with Crippen LogP contribution in [-0.2, 0) is 5.41 Å². The smallest absolute Gasteiger partial charge is 0.281 e. The van der Waals surface area contributed by atoms with E-state index < -0.39 is 0 Å². The highest BCUT2D eigenvalue weighted by atomic mass is 127. The molecule has 5 nitrogen and oxygen atoms in total. The normalized spacial score (nSPS) is 34.5. The van der Waals surface area contributed by atoms with Gasteiger partial charge in [-0.25, -0.2) is 0 Å². The summed E-state index contributed by atoms with van der Waals surface area (Å²) in [7, 11) is 0. The first-order valence-electron chi connectivity index (χ1n) is 8.93. The molecule has 0 radical (unpaired) electrons. The summed E-state index contributed by atoms with van der Waals surface area (Å²) in [6.07, 6.45) is 13.2. The van der Waals surface area contributed by atoms with Crippen molar-refractivity contribution in [2.24, 2.45) is 0 Å². The summed E-state index contributed by atoms with van der Waals surface area (Å²) in [6, 6.07) is 0. The summed E-state index contributed by atoms with van der Waals surface area (Å²) in [5, 5.41) is 11.8. The fourth-order valence-corrected chi connectivity index (χ4v) is 5.42. The van der Waals surface area contributed by atoms with E-state index in [1.165, 1.54) is 51.4 Å². The highest BCUT2D eigenvalue weighted by Crippen LogP contribution is 2.67. The molecule has 0 aliphatic heterocycles. The van der Waals surface area contributed by atoms with Gasteiger partial charge in [-0.3, -0.25) is 4.79 Å². The molecule has 4 aliphatic rings. The first kappa shape index (κ1) is 15.8. The highest BCUT2D eigenvalue weighted by Gasteiger charge is 2.71. The Kier molecular flexibility index (Phi) is 4.14. The van der Waals surface area contributed by atoms with E-state index >= 15 is 0 Å². The van der Waals surface area contributed by atoms with Crippen LogP contribution in [-0.4, -0.2) is 19.7 Å². The van der Waals surface area contributed by atoms with Gasteiger partial charge in [0.25, 0.3) is 3.91 Å². The van der Waals surface area contributed by atoms with Crippen molar-refractivity contribution in [1.82, 2.24) is 15.5 Å². The molecule has 4 saturated carbocycles. The summed E-state index contributed by atoms with van der Waals surface area (Å²) in [6.45, 7) is 0. The van der Waals surface area contributed by atoms with E-state index in [0.717, 1.165) is 31.0 Å². The third-order valence-electron chi connectivity index (χ3n) is 5.99. The molecule has 126 valence electrons. The topological polar surface area (TPSA) is 68.0 Å². The fraction of sp³-hybridized carbons (Fsp3) is 0.824. The van der Waals surface area contributed by atoms with Crippen LogP contribution in [0.4, 0.5) is 4.79 Å². The minimum Gasteiger partial charge on any atom is -0.424 e. The molecule has 2 bridgehead atoms. The SMILES string of the molecule is O=C(I)NC12CC(c3nnc(C4CCCCCCCC4)o3)(C1)C2. The molecule has 1 aromatic heterocycles. The van der Waals surface area contributed by atoms with Crippen LogP contribution in [0.2, 0.25) is 0 Å². The zero-order valence-electron chi connectivity index (χ0n) is 13.4. The molecule has 5 rings (SSSR count). The van der Waals surface area contributed by atoms with Crippen molar-refractivity contribution in [3.63, 3.8) is 0 Å². The average Bonchev–Trinajstić information content (AvgIpc) is 2.94. The maximum Gasteiger partial charge on any atom is 0.281 e. The van der Waals surface area contributed by atoms with Crippen LogP contribution in [0.15, 0.2) is 4.42 Å². The van der Waals surface area contributed by atoms with Gasteiger partial charge in [0.05, 0.1) is 5.41 Å². The van der Waals surface area contributed by atoms with Crippen molar-refractivity contribution >= 4 is 26.5 Å². The monoisotopic (exact) mass is 429 g/mol. The minimum absolute atomic E-state index is 0.0189. The van der Waals surface area contributed by atoms with Crippen LogP contribution in [0.25, 0.3) is 0 Å². The molecule has 0 aromatic carbocycles. The molecule has 4 aliphatic carbocycles. The lowest BCUT2D eigenvalue weighted by Crippen LogP contribution is -2.76. The number of hydrogen-bond acceptors (Lipinski definition) is 4. The van der Waals surface area contributed by atoms with Gasteiger partial charge in [0.1, 0.15) is 0 Å². The summed E-state index contributed by atoms with van der Waals surface area (Å²) in [4.78, 5) is 11.2. The van der Waals surface area contributed by atoms with E-state index in [-0.39, 0.29) is 14.9 Å². The molecule has 0 unspecified atom stereocenters. The molecule has 23 heavy (non-hydrogen) atoms. The van der Waals surface area contributed by atoms with Gasteiger partial charge in [-0.1, -0.05) is 38.5 Å². The Morgan fingerprint density at radius 3 is 2.26 bits per heavy atom. The number of hydrogen-bond donors (Lipinski definition) is 1. The molecule has 1 heterocycles. The Labute approximate surface area is 150 Å². The van der Waals surface area contributed by atoms with Gasteiger partial charge < -0.3 is 9.73 Å². The van der Waals surface area contributed by atoms with Gasteiger partial charge in [-0.2, -0.15) is 0 Å². The first-order chi connectivity index (χ1) is 11.1. The zero-order valence-corrected chi connectivity index (χ0v) is 15.6. The van der Waals surface area contributed by atoms with Crippen molar-refractivity contribution in [3.05, 3.63) is 11.8 Å². The lowest BCUT2D eigenvalue weighted by molar-refractivity contribution is -0.0934. The van der Waals surface area contributed by atoms with E-state index in [4.69, 9.17) is 4.42 Å². The summed E-state index contributed by atoms with van der Waals surface area (Å²) in [5.41, 5.74) is 0.0773. The van der Waals surface area contributed by atoms with Gasteiger partial charge >= 0.3 is 0 Å². The van der Waals surface area contributed by atoms with Gasteiger partial charge in [0.2, 0.25) is 11.8 Å². The quantitative estimate of drug-likeness (QED) is 0.433. The van der Waals surface area contributed by atoms with E-state index in [2.05, 4.69) is 15.5 Å². The molecular weight excluding hydrogens is 405 g/mol. The van der Waals surface area contributed by atoms with Crippen LogP contribution < -0.4 is 5.32 Å². The number of nitrogens with zero attached hydrogens (tertiary/aromatic N) is 2. The lowest BCUT2D eigenvalue weighted by Gasteiger charge is -2.68. The number of carbonyl (C=O) groups is 1. The van der Waals surface area contributed by atoms with Crippen LogP contribution >= 0.6 is 22.6 Å². The third kappa shape index (κ3) is 2.91. The van der Waals surface area contributed by atoms with Gasteiger partial charge in [0.15, 0.2) is 0 Å². The van der Waals surface area contributed by atoms with Crippen molar-refractivity contribution in [2.75, 3.05) is 0 Å². The molecule has 0 spiro atoms. The second kappa shape index (κ2) is 6.01. The van der Waals surface area contributed by atoms with Gasteiger partial charge in [0, 0.05) is 34.0 Å². The lowest BCUT2D eigenvalue weighted by atomic mass is 9.39. The molecular formula is C17H24IN3O2. The maximum absolute atomic E-state index is 11.2. The maximum atomic E-state index is 11.2. The van der Waals surface area contributed by atoms with Crippen LogP contribution in [0, 0.1) is 0 Å². The fourth-order valence-electron chi connectivity index (χ4n) is 4.85. The Morgan fingerprint density at radius 2 is 1.65 bits per heavy atom. The van der Waals surface area contributed by atoms with Crippen molar-refractivity contribution < 1.29 is 9.21 Å². The highest BCUT2D eigenvalue weighted by molar-refractivity contribution is 14.1. The largest absolute Gasteiger partial charge is 0.424 e. The Morgan fingerprint density at radius 1 is 1.04 bits per heavy atom. The Hall–Kier alpha value is -0.660. The van der Waals surface area contributed by atoms with E-state index in [0.29, 0.717) is 5.92 Å². The summed E-state index contributed by atoms with van der Waals surface area (Å²) >= 11 is 1.81. The Bertz CT molecular complexity index is 571. The predicted molar refractivity (Wildman–Crippen MR) is 94.8 cm³/mol. The molecule has 0 atom stereocenters. The molecule has 1 N–H and O–H groups in total. The molecule has 1 aromatic rings. The molecule has 1 amide bonds. The zero-order chi connectivity index (χ0) is 15.9. The first-order valence-corrected chi connectivity index (χ1v) is 10.0. The number of amides is 1. The number of aromatic nitrogens is 2. The van der Waals surface area contributed by atoms with Crippen LogP contribution in [0.5, 0.6) is 0 Å². The molecule has 4 fully saturated rings. The Balaban J connectivity index is 1.41. The summed E-state index contributed by atoms with van der Waals surface area (Å²) < 4.78 is 6.15. The molecule has 6 heteroatoms. The third-order valence-corrected chi connectivity index (χ3v) is 6.26. The second-order valence-electron chi connectivity index (χ2n) is 7.83. The summed E-state index contributed by atoms with van der Waals surface area (Å²) in [5.74, 6) is 2.13. The number of halogens is 1. The van der Waals surface area contributed by atoms with E-state index in [1.807, 2.05) is 22.6 Å². The minimum atomic E-state index is 0.0189. The van der Waals surface area contributed by atoms with Gasteiger partial charge in [-0.15, -0.1) is 10.2 Å². The van der Waals surface area contributed by atoms with Gasteiger partial charge in [-0.05, 0) is 32.1 Å². The predicted octanol–water partition coefficient (Wildman–Crippen LogP) is 4.61. The number of nitrogens with one attached hydrogen (secondary N) is 1.